The Bertz CT molecular complexity index is 565. The fraction of sp³-hybridized carbons (Fsp3) is 0.500. The standard InChI is InChI=1S/C8H11N3O4/c1-3-4-5-6(11(14)15)7(8(12)13)10(2)9-5/h3-4H2,1-2H3,(H,12,13)/i1D3,3D2. The molecule has 0 saturated carbocycles. The second kappa shape index (κ2) is 4.07. The first-order valence-corrected chi connectivity index (χ1v) is 3.82. The largest absolute Gasteiger partial charge is 0.476 e. The topological polar surface area (TPSA) is 98.3 Å². The van der Waals surface area contributed by atoms with Crippen LogP contribution in [0.3, 0.4) is 0 Å². The molecule has 0 amide bonds. The quantitative estimate of drug-likeness (QED) is 0.600. The SMILES string of the molecule is [2H]C([2H])([2H])C([2H])([2H])Cc1nn(C)c(C(=O)O)c1[N+](=O)[O-]. The van der Waals surface area contributed by atoms with Gasteiger partial charge in [0.05, 0.1) is 4.92 Å². The molecule has 0 radical (unpaired) electrons. The van der Waals surface area contributed by atoms with Gasteiger partial charge in [-0.25, -0.2) is 4.79 Å². The van der Waals surface area contributed by atoms with Gasteiger partial charge in [-0.2, -0.15) is 5.10 Å². The predicted octanol–water partition coefficient (Wildman–Crippen LogP) is 0.979. The van der Waals surface area contributed by atoms with Crippen LogP contribution in [0.5, 0.6) is 0 Å². The lowest BCUT2D eigenvalue weighted by atomic mass is 10.2. The molecule has 1 aromatic heterocycles. The molecule has 0 saturated heterocycles. The van der Waals surface area contributed by atoms with E-state index in [2.05, 4.69) is 5.10 Å². The van der Waals surface area contributed by atoms with Crippen LogP contribution in [0.2, 0.25) is 0 Å². The minimum Gasteiger partial charge on any atom is -0.476 e. The molecule has 0 fully saturated rings. The Balaban J connectivity index is 3.38. The Labute approximate surface area is 92.5 Å². The first kappa shape index (κ1) is 5.84. The van der Waals surface area contributed by atoms with E-state index in [9.17, 15) is 14.9 Å². The van der Waals surface area contributed by atoms with Gasteiger partial charge in [0.25, 0.3) is 0 Å². The van der Waals surface area contributed by atoms with Crippen molar-refractivity contribution in [2.24, 2.45) is 7.05 Å². The van der Waals surface area contributed by atoms with Gasteiger partial charge in [0.2, 0.25) is 5.69 Å². The van der Waals surface area contributed by atoms with Gasteiger partial charge < -0.3 is 5.11 Å². The molecule has 7 nitrogen and oxygen atoms in total. The van der Waals surface area contributed by atoms with Crippen molar-refractivity contribution in [2.45, 2.75) is 19.6 Å². The zero-order valence-electron chi connectivity index (χ0n) is 12.7. The smallest absolute Gasteiger partial charge is 0.361 e. The van der Waals surface area contributed by atoms with Crippen LogP contribution in [0, 0.1) is 10.1 Å². The van der Waals surface area contributed by atoms with Crippen LogP contribution in [0.4, 0.5) is 5.69 Å². The summed E-state index contributed by atoms with van der Waals surface area (Å²) in [6.45, 7) is -3.01. The zero-order chi connectivity index (χ0) is 15.9. The Hall–Kier alpha value is -1.92. The van der Waals surface area contributed by atoms with Gasteiger partial charge in [0.15, 0.2) is 0 Å². The molecule has 0 bridgehead atoms. The molecule has 0 spiro atoms. The van der Waals surface area contributed by atoms with Crippen molar-refractivity contribution < 1.29 is 21.7 Å². The summed E-state index contributed by atoms with van der Waals surface area (Å²) in [4.78, 5) is 20.9. The number of carbonyl (C=O) groups is 1. The number of hydrogen-bond donors (Lipinski definition) is 1. The van der Waals surface area contributed by atoms with E-state index in [-0.39, 0.29) is 0 Å². The maximum Gasteiger partial charge on any atom is 0.361 e. The van der Waals surface area contributed by atoms with Crippen molar-refractivity contribution >= 4 is 11.7 Å². The molecule has 0 unspecified atom stereocenters. The monoisotopic (exact) mass is 218 g/mol. The van der Waals surface area contributed by atoms with Crippen LogP contribution in [0.25, 0.3) is 0 Å². The van der Waals surface area contributed by atoms with Crippen LogP contribution in [-0.2, 0) is 13.5 Å². The maximum atomic E-state index is 11.0. The summed E-state index contributed by atoms with van der Waals surface area (Å²) < 4.78 is 36.7. The van der Waals surface area contributed by atoms with Crippen LogP contribution in [0.15, 0.2) is 0 Å². The first-order chi connectivity index (χ1) is 8.88. The van der Waals surface area contributed by atoms with Gasteiger partial charge >= 0.3 is 11.7 Å². The third-order valence-corrected chi connectivity index (χ3v) is 1.73. The normalized spacial score (nSPS) is 17.0. The molecule has 1 heterocycles. The molecule has 15 heavy (non-hydrogen) atoms. The van der Waals surface area contributed by atoms with Crippen molar-refractivity contribution in [3.63, 3.8) is 0 Å². The van der Waals surface area contributed by atoms with E-state index in [0.29, 0.717) is 4.68 Å². The fourth-order valence-corrected chi connectivity index (χ4v) is 1.20. The number of aromatic carboxylic acids is 1. The van der Waals surface area contributed by atoms with Crippen molar-refractivity contribution in [1.82, 2.24) is 9.78 Å². The number of nitro groups is 1. The summed E-state index contributed by atoms with van der Waals surface area (Å²) in [5, 5.41) is 23.4. The van der Waals surface area contributed by atoms with Gasteiger partial charge in [0, 0.05) is 13.9 Å². The third kappa shape index (κ3) is 1.95. The Morgan fingerprint density at radius 3 is 3.00 bits per heavy atom. The summed E-state index contributed by atoms with van der Waals surface area (Å²) in [6.07, 6.45) is -3.65. The Morgan fingerprint density at radius 2 is 2.53 bits per heavy atom. The summed E-state index contributed by atoms with van der Waals surface area (Å²) in [5.41, 5.74) is -2.14. The van der Waals surface area contributed by atoms with Crippen LogP contribution >= 0.6 is 0 Å². The van der Waals surface area contributed by atoms with E-state index in [1.165, 1.54) is 0 Å². The van der Waals surface area contributed by atoms with Crippen molar-refractivity contribution in [2.75, 3.05) is 0 Å². The molecule has 7 heteroatoms. The number of carboxylic acids is 1. The van der Waals surface area contributed by atoms with E-state index in [4.69, 9.17) is 12.0 Å². The zero-order valence-corrected chi connectivity index (χ0v) is 7.72. The molecule has 0 atom stereocenters. The Kier molecular flexibility index (Phi) is 1.59. The highest BCUT2D eigenvalue weighted by Crippen LogP contribution is 2.23. The fourth-order valence-electron chi connectivity index (χ4n) is 1.20. The van der Waals surface area contributed by atoms with Gasteiger partial charge in [0.1, 0.15) is 5.69 Å². The number of rotatable bonds is 4. The lowest BCUT2D eigenvalue weighted by Gasteiger charge is -1.93. The highest BCUT2D eigenvalue weighted by Gasteiger charge is 2.30. The third-order valence-electron chi connectivity index (χ3n) is 1.73. The van der Waals surface area contributed by atoms with E-state index in [1.807, 2.05) is 0 Å². The lowest BCUT2D eigenvalue weighted by molar-refractivity contribution is -0.386. The van der Waals surface area contributed by atoms with E-state index in [0.717, 1.165) is 7.05 Å². The summed E-state index contributed by atoms with van der Waals surface area (Å²) >= 11 is 0. The minimum absolute atomic E-state index is 0.518. The van der Waals surface area contributed by atoms with Gasteiger partial charge in [-0.15, -0.1) is 0 Å². The highest BCUT2D eigenvalue weighted by molar-refractivity contribution is 5.90. The summed E-state index contributed by atoms with van der Waals surface area (Å²) in [6, 6.07) is 0. The number of hydrogen-bond acceptors (Lipinski definition) is 4. The van der Waals surface area contributed by atoms with Crippen LogP contribution in [0.1, 0.15) is 36.3 Å². The van der Waals surface area contributed by atoms with E-state index in [1.54, 1.807) is 0 Å². The number of carboxylic acid groups (broad SMARTS) is 1. The maximum absolute atomic E-state index is 11.0. The van der Waals surface area contributed by atoms with Gasteiger partial charge in [-0.1, -0.05) is 13.2 Å². The molecular weight excluding hydrogens is 202 g/mol. The lowest BCUT2D eigenvalue weighted by Crippen LogP contribution is -2.07. The average Bonchev–Trinajstić information content (AvgIpc) is 2.52. The summed E-state index contributed by atoms with van der Waals surface area (Å²) in [7, 11) is 1.14. The van der Waals surface area contributed by atoms with Crippen molar-refractivity contribution in [1.29, 1.82) is 0 Å². The van der Waals surface area contributed by atoms with Crippen molar-refractivity contribution in [3.05, 3.63) is 21.5 Å². The summed E-state index contributed by atoms with van der Waals surface area (Å²) in [5.74, 6) is -1.60. The van der Waals surface area contributed by atoms with Gasteiger partial charge in [-0.3, -0.25) is 14.8 Å². The second-order valence-electron chi connectivity index (χ2n) is 2.68. The number of aryl methyl sites for hydroxylation is 2. The highest BCUT2D eigenvalue weighted by atomic mass is 16.6. The molecule has 0 aliphatic heterocycles. The average molecular weight is 218 g/mol. The van der Waals surface area contributed by atoms with Crippen LogP contribution in [-0.4, -0.2) is 25.8 Å². The minimum atomic E-state index is -3.01. The van der Waals surface area contributed by atoms with E-state index >= 15 is 0 Å². The molecule has 1 aromatic rings. The first-order valence-electron chi connectivity index (χ1n) is 6.32. The Morgan fingerprint density at radius 1 is 1.87 bits per heavy atom. The molecule has 0 aliphatic carbocycles. The van der Waals surface area contributed by atoms with Crippen LogP contribution < -0.4 is 0 Å². The molecule has 1 rings (SSSR count). The molecule has 1 N–H and O–H groups in total. The molecule has 0 aromatic carbocycles. The predicted molar refractivity (Wildman–Crippen MR) is 50.8 cm³/mol. The molecular formula is C8H11N3O4. The number of aromatic nitrogens is 2. The molecule has 0 aliphatic rings. The molecule has 82 valence electrons. The van der Waals surface area contributed by atoms with Gasteiger partial charge in [-0.05, 0) is 6.42 Å². The second-order valence-corrected chi connectivity index (χ2v) is 2.68. The number of nitrogens with zero attached hydrogens (tertiary/aromatic N) is 3. The van der Waals surface area contributed by atoms with Crippen molar-refractivity contribution in [3.8, 4) is 0 Å². The van der Waals surface area contributed by atoms with E-state index < -0.39 is 47.6 Å².